The number of nitrogen functional groups attached to an aromatic ring is 1. The van der Waals surface area contributed by atoms with Crippen LogP contribution in [0.2, 0.25) is 0 Å². The molecule has 0 aliphatic rings. The Morgan fingerprint density at radius 2 is 2.05 bits per heavy atom. The average Bonchev–Trinajstić information content (AvgIpc) is 2.39. The molecule has 20 heavy (non-hydrogen) atoms. The first-order valence-electron chi connectivity index (χ1n) is 6.04. The Morgan fingerprint density at radius 1 is 1.35 bits per heavy atom. The molecular weight excluding hydrogens is 264 g/mol. The Labute approximate surface area is 115 Å². The van der Waals surface area contributed by atoms with E-state index < -0.39 is 10.8 Å². The maximum absolute atomic E-state index is 11.8. The van der Waals surface area contributed by atoms with Crippen LogP contribution in [0.1, 0.15) is 23.7 Å². The molecule has 0 aliphatic carbocycles. The molecule has 108 valence electrons. The number of non-ortho nitro benzene ring substituents is 1. The van der Waals surface area contributed by atoms with E-state index in [4.69, 9.17) is 5.73 Å². The second-order valence-electron chi connectivity index (χ2n) is 3.99. The van der Waals surface area contributed by atoms with Crippen LogP contribution in [-0.2, 0) is 4.79 Å². The van der Waals surface area contributed by atoms with Gasteiger partial charge in [-0.15, -0.1) is 0 Å². The molecule has 0 spiro atoms. The van der Waals surface area contributed by atoms with E-state index in [2.05, 4.69) is 10.6 Å². The predicted octanol–water partition coefficient (Wildman–Crippen LogP) is 0.433. The van der Waals surface area contributed by atoms with Crippen molar-refractivity contribution in [2.45, 2.75) is 13.3 Å². The minimum atomic E-state index is -0.606. The highest BCUT2D eigenvalue weighted by molar-refractivity contribution is 5.99. The zero-order valence-corrected chi connectivity index (χ0v) is 11.0. The zero-order valence-electron chi connectivity index (χ0n) is 11.0. The van der Waals surface area contributed by atoms with Gasteiger partial charge in [0.05, 0.1) is 10.5 Å². The number of nitrogens with two attached hydrogens (primary N) is 1. The summed E-state index contributed by atoms with van der Waals surface area (Å²) in [6.45, 7) is 2.44. The first-order chi connectivity index (χ1) is 9.45. The summed E-state index contributed by atoms with van der Waals surface area (Å²) in [7, 11) is 0. The first kappa shape index (κ1) is 15.4. The van der Waals surface area contributed by atoms with Gasteiger partial charge in [-0.2, -0.15) is 0 Å². The van der Waals surface area contributed by atoms with E-state index >= 15 is 0 Å². The van der Waals surface area contributed by atoms with Crippen LogP contribution < -0.4 is 16.4 Å². The van der Waals surface area contributed by atoms with Crippen LogP contribution in [0.25, 0.3) is 0 Å². The second-order valence-corrected chi connectivity index (χ2v) is 3.99. The summed E-state index contributed by atoms with van der Waals surface area (Å²) in [5, 5.41) is 15.7. The SMILES string of the molecule is CCNC(=O)CCNC(=O)c1cc([N+](=O)[O-])ccc1N. The smallest absolute Gasteiger partial charge is 0.270 e. The minimum Gasteiger partial charge on any atom is -0.398 e. The number of benzene rings is 1. The van der Waals surface area contributed by atoms with Crippen molar-refractivity contribution in [3.05, 3.63) is 33.9 Å². The summed E-state index contributed by atoms with van der Waals surface area (Å²) in [6.07, 6.45) is 0.133. The van der Waals surface area contributed by atoms with Gasteiger partial charge < -0.3 is 16.4 Å². The average molecular weight is 280 g/mol. The van der Waals surface area contributed by atoms with Crippen LogP contribution in [0, 0.1) is 10.1 Å². The van der Waals surface area contributed by atoms with Crippen LogP contribution in [0.15, 0.2) is 18.2 Å². The summed E-state index contributed by atoms with van der Waals surface area (Å²) in [5.41, 5.74) is 5.56. The fraction of sp³-hybridized carbons (Fsp3) is 0.333. The summed E-state index contributed by atoms with van der Waals surface area (Å²) in [6, 6.07) is 3.63. The molecule has 0 aromatic heterocycles. The van der Waals surface area contributed by atoms with E-state index in [0.29, 0.717) is 6.54 Å². The van der Waals surface area contributed by atoms with Gasteiger partial charge in [0.15, 0.2) is 0 Å². The highest BCUT2D eigenvalue weighted by Gasteiger charge is 2.15. The molecule has 0 bridgehead atoms. The van der Waals surface area contributed by atoms with Crippen LogP contribution in [0.3, 0.4) is 0 Å². The van der Waals surface area contributed by atoms with Crippen molar-refractivity contribution in [1.82, 2.24) is 10.6 Å². The van der Waals surface area contributed by atoms with Gasteiger partial charge in [-0.05, 0) is 13.0 Å². The number of amides is 2. The van der Waals surface area contributed by atoms with E-state index in [9.17, 15) is 19.7 Å². The highest BCUT2D eigenvalue weighted by atomic mass is 16.6. The van der Waals surface area contributed by atoms with Gasteiger partial charge in [-0.3, -0.25) is 19.7 Å². The first-order valence-corrected chi connectivity index (χ1v) is 6.04. The van der Waals surface area contributed by atoms with Crippen LogP contribution in [-0.4, -0.2) is 29.8 Å². The van der Waals surface area contributed by atoms with Crippen molar-refractivity contribution in [3.63, 3.8) is 0 Å². The number of nitro groups is 1. The number of rotatable bonds is 6. The largest absolute Gasteiger partial charge is 0.398 e. The molecule has 8 heteroatoms. The summed E-state index contributed by atoms with van der Waals surface area (Å²) in [4.78, 5) is 33.1. The van der Waals surface area contributed by atoms with Gasteiger partial charge in [-0.1, -0.05) is 0 Å². The van der Waals surface area contributed by atoms with Gasteiger partial charge in [0.2, 0.25) is 5.91 Å². The van der Waals surface area contributed by atoms with Crippen molar-refractivity contribution < 1.29 is 14.5 Å². The number of anilines is 1. The fourth-order valence-electron chi connectivity index (χ4n) is 1.52. The molecule has 0 heterocycles. The molecule has 8 nitrogen and oxygen atoms in total. The van der Waals surface area contributed by atoms with Gasteiger partial charge >= 0.3 is 0 Å². The lowest BCUT2D eigenvalue weighted by Crippen LogP contribution is -2.31. The number of carbonyl (C=O) groups is 2. The highest BCUT2D eigenvalue weighted by Crippen LogP contribution is 2.19. The quantitative estimate of drug-likeness (QED) is 0.395. The Hall–Kier alpha value is -2.64. The van der Waals surface area contributed by atoms with Crippen molar-refractivity contribution in [2.75, 3.05) is 18.8 Å². The lowest BCUT2D eigenvalue weighted by atomic mass is 10.1. The molecule has 2 amide bonds. The normalized spacial score (nSPS) is 9.85. The third kappa shape index (κ3) is 4.23. The molecule has 0 saturated heterocycles. The molecule has 1 aromatic carbocycles. The Kier molecular flexibility index (Phi) is 5.45. The topological polar surface area (TPSA) is 127 Å². The van der Waals surface area contributed by atoms with Crippen LogP contribution in [0.4, 0.5) is 11.4 Å². The number of hydrogen-bond acceptors (Lipinski definition) is 5. The minimum absolute atomic E-state index is 0.0232. The van der Waals surface area contributed by atoms with Crippen LogP contribution in [0.5, 0.6) is 0 Å². The zero-order chi connectivity index (χ0) is 15.1. The van der Waals surface area contributed by atoms with E-state index in [-0.39, 0.29) is 35.8 Å². The van der Waals surface area contributed by atoms with Gasteiger partial charge in [-0.25, -0.2) is 0 Å². The maximum atomic E-state index is 11.8. The number of nitrogens with one attached hydrogen (secondary N) is 2. The monoisotopic (exact) mass is 280 g/mol. The molecule has 0 atom stereocenters. The van der Waals surface area contributed by atoms with Gasteiger partial charge in [0, 0.05) is 37.3 Å². The predicted molar refractivity (Wildman–Crippen MR) is 73.1 cm³/mol. The van der Waals surface area contributed by atoms with E-state index in [1.165, 1.54) is 12.1 Å². The molecule has 0 radical (unpaired) electrons. The van der Waals surface area contributed by atoms with Crippen LogP contribution >= 0.6 is 0 Å². The lowest BCUT2D eigenvalue weighted by molar-refractivity contribution is -0.384. The van der Waals surface area contributed by atoms with Gasteiger partial charge in [0.25, 0.3) is 11.6 Å². The van der Waals surface area contributed by atoms with Crippen molar-refractivity contribution >= 4 is 23.2 Å². The Balaban J connectivity index is 2.65. The van der Waals surface area contributed by atoms with E-state index in [0.717, 1.165) is 6.07 Å². The van der Waals surface area contributed by atoms with E-state index in [1.807, 2.05) is 0 Å². The third-order valence-electron chi connectivity index (χ3n) is 2.50. The number of hydrogen-bond donors (Lipinski definition) is 3. The molecule has 1 aromatic rings. The second kappa shape index (κ2) is 7.07. The summed E-state index contributed by atoms with van der Waals surface area (Å²) >= 11 is 0. The maximum Gasteiger partial charge on any atom is 0.270 e. The molecule has 1 rings (SSSR count). The Morgan fingerprint density at radius 3 is 2.65 bits per heavy atom. The number of nitro benzene ring substituents is 1. The molecular formula is C12H16N4O4. The van der Waals surface area contributed by atoms with Crippen molar-refractivity contribution in [1.29, 1.82) is 0 Å². The Bertz CT molecular complexity index is 530. The van der Waals surface area contributed by atoms with E-state index in [1.54, 1.807) is 6.92 Å². The third-order valence-corrected chi connectivity index (χ3v) is 2.50. The van der Waals surface area contributed by atoms with Crippen molar-refractivity contribution in [2.24, 2.45) is 0 Å². The standard InChI is InChI=1S/C12H16N4O4/c1-2-14-11(17)5-6-15-12(18)9-7-8(16(19)20)3-4-10(9)13/h3-4,7H,2,5-6,13H2,1H3,(H,14,17)(H,15,18). The van der Waals surface area contributed by atoms with Gasteiger partial charge in [0.1, 0.15) is 0 Å². The fourth-order valence-corrected chi connectivity index (χ4v) is 1.52. The molecule has 0 fully saturated rings. The molecule has 0 unspecified atom stereocenters. The number of carbonyl (C=O) groups excluding carboxylic acids is 2. The lowest BCUT2D eigenvalue weighted by Gasteiger charge is -2.07. The van der Waals surface area contributed by atoms with Crippen molar-refractivity contribution in [3.8, 4) is 0 Å². The molecule has 0 saturated carbocycles. The summed E-state index contributed by atoms with van der Waals surface area (Å²) in [5.74, 6) is -0.727. The molecule has 0 aliphatic heterocycles. The summed E-state index contributed by atoms with van der Waals surface area (Å²) < 4.78 is 0. The number of nitrogens with zero attached hydrogens (tertiary/aromatic N) is 1. The molecule has 4 N–H and O–H groups in total.